The van der Waals surface area contributed by atoms with Crippen LogP contribution in [0.2, 0.25) is 0 Å². The van der Waals surface area contributed by atoms with E-state index in [-0.39, 0.29) is 4.60 Å². The smallest absolute Gasteiger partial charge is 0.358 e. The highest BCUT2D eigenvalue weighted by Gasteiger charge is 2.29. The summed E-state index contributed by atoms with van der Waals surface area (Å²) in [5, 5.41) is 24.2. The number of nitrogens with zero attached hydrogens (tertiary/aromatic N) is 7. The highest BCUT2D eigenvalue weighted by Crippen LogP contribution is 2.20. The van der Waals surface area contributed by atoms with Crippen molar-refractivity contribution in [3.05, 3.63) is 27.1 Å². The number of rotatable bonds is 1. The van der Waals surface area contributed by atoms with Crippen molar-refractivity contribution in [3.63, 3.8) is 0 Å². The topological polar surface area (TPSA) is 122 Å². The SMILES string of the molecule is O=C(n1ccnn1)n1nnc(Br)c1[N+](=O)[O-]. The number of hydrogen-bond acceptors (Lipinski definition) is 7. The van der Waals surface area contributed by atoms with Crippen LogP contribution >= 0.6 is 15.9 Å². The molecule has 0 fully saturated rings. The van der Waals surface area contributed by atoms with E-state index in [1.54, 1.807) is 0 Å². The van der Waals surface area contributed by atoms with E-state index in [9.17, 15) is 14.9 Å². The Kier molecular flexibility index (Phi) is 2.44. The van der Waals surface area contributed by atoms with Crippen LogP contribution in [0, 0.1) is 10.1 Å². The van der Waals surface area contributed by atoms with Crippen LogP contribution in [0.4, 0.5) is 10.6 Å². The van der Waals surface area contributed by atoms with E-state index in [4.69, 9.17) is 0 Å². The van der Waals surface area contributed by atoms with Gasteiger partial charge in [-0.3, -0.25) is 0 Å². The summed E-state index contributed by atoms with van der Waals surface area (Å²) in [6, 6.07) is -0.845. The van der Waals surface area contributed by atoms with Gasteiger partial charge in [0, 0.05) is 5.21 Å². The Morgan fingerprint density at radius 2 is 2.25 bits per heavy atom. The van der Waals surface area contributed by atoms with E-state index in [0.29, 0.717) is 4.68 Å². The van der Waals surface area contributed by atoms with Gasteiger partial charge in [-0.2, -0.15) is 0 Å². The molecular formula is C5H2BrN7O3. The largest absolute Gasteiger partial charge is 0.464 e. The fourth-order valence-corrected chi connectivity index (χ4v) is 1.33. The fourth-order valence-electron chi connectivity index (χ4n) is 0.947. The van der Waals surface area contributed by atoms with E-state index < -0.39 is 16.8 Å². The summed E-state index contributed by atoms with van der Waals surface area (Å²) in [7, 11) is 0. The summed E-state index contributed by atoms with van der Waals surface area (Å²) < 4.78 is 1.18. The molecule has 0 aliphatic carbocycles. The predicted octanol–water partition coefficient (Wildman–Crippen LogP) is 0.0567. The highest BCUT2D eigenvalue weighted by molar-refractivity contribution is 9.10. The molecule has 0 spiro atoms. The first-order valence-corrected chi connectivity index (χ1v) is 4.57. The minimum atomic E-state index is -0.845. The van der Waals surface area contributed by atoms with Gasteiger partial charge in [-0.25, -0.2) is 4.79 Å². The summed E-state index contributed by atoms with van der Waals surface area (Å²) >= 11 is 2.82. The molecule has 0 aromatic carbocycles. The summed E-state index contributed by atoms with van der Waals surface area (Å²) in [5.41, 5.74) is 0. The molecule has 0 aliphatic rings. The first kappa shape index (κ1) is 10.4. The lowest BCUT2D eigenvalue weighted by molar-refractivity contribution is -0.392. The van der Waals surface area contributed by atoms with Crippen molar-refractivity contribution in [2.24, 2.45) is 0 Å². The maximum absolute atomic E-state index is 11.6. The van der Waals surface area contributed by atoms with Crippen LogP contribution in [0.25, 0.3) is 0 Å². The number of nitro groups is 1. The second-order valence-corrected chi connectivity index (χ2v) is 3.25. The van der Waals surface area contributed by atoms with Crippen molar-refractivity contribution >= 4 is 27.8 Å². The minimum Gasteiger partial charge on any atom is -0.358 e. The van der Waals surface area contributed by atoms with Gasteiger partial charge >= 0.3 is 11.8 Å². The Bertz CT molecular complexity index is 546. The molecule has 0 amide bonds. The zero-order chi connectivity index (χ0) is 11.7. The minimum absolute atomic E-state index is 0.133. The third-order valence-electron chi connectivity index (χ3n) is 1.58. The Morgan fingerprint density at radius 1 is 1.50 bits per heavy atom. The molecular weight excluding hydrogens is 286 g/mol. The van der Waals surface area contributed by atoms with Gasteiger partial charge in [-0.15, -0.1) is 9.78 Å². The van der Waals surface area contributed by atoms with Gasteiger partial charge in [0.2, 0.25) is 4.60 Å². The quantitative estimate of drug-likeness (QED) is 0.537. The molecule has 0 bridgehead atoms. The van der Waals surface area contributed by atoms with Crippen molar-refractivity contribution in [2.75, 3.05) is 0 Å². The molecule has 2 heterocycles. The molecule has 10 nitrogen and oxygen atoms in total. The van der Waals surface area contributed by atoms with Crippen molar-refractivity contribution in [1.82, 2.24) is 30.0 Å². The molecule has 0 saturated carbocycles. The standard InChI is InChI=1S/C5H2BrN7O3/c6-3-4(13(15)16)12(10-8-3)5(14)11-2-1-7-9-11/h1-2H. The van der Waals surface area contributed by atoms with E-state index in [1.807, 2.05) is 0 Å². The molecule has 0 unspecified atom stereocenters. The number of carbonyl (C=O) groups excluding carboxylic acids is 1. The second kappa shape index (κ2) is 3.77. The normalized spacial score (nSPS) is 10.3. The lowest BCUT2D eigenvalue weighted by Gasteiger charge is -1.95. The van der Waals surface area contributed by atoms with Gasteiger partial charge in [0.05, 0.1) is 12.4 Å². The Labute approximate surface area is 95.1 Å². The molecule has 82 valence electrons. The number of halogens is 1. The third-order valence-corrected chi connectivity index (χ3v) is 2.09. The molecule has 11 heteroatoms. The number of carbonyl (C=O) groups is 1. The molecule has 2 rings (SSSR count). The van der Waals surface area contributed by atoms with Gasteiger partial charge in [-0.05, 0) is 25.5 Å². The van der Waals surface area contributed by atoms with Crippen molar-refractivity contribution in [1.29, 1.82) is 0 Å². The van der Waals surface area contributed by atoms with Crippen molar-refractivity contribution < 1.29 is 9.72 Å². The van der Waals surface area contributed by atoms with Crippen LogP contribution in [0.3, 0.4) is 0 Å². The van der Waals surface area contributed by atoms with Gasteiger partial charge in [-0.1, -0.05) is 10.3 Å². The van der Waals surface area contributed by atoms with Gasteiger partial charge in [0.15, 0.2) is 0 Å². The van der Waals surface area contributed by atoms with E-state index >= 15 is 0 Å². The Hall–Kier alpha value is -2.17. The molecule has 0 N–H and O–H groups in total. The maximum Gasteiger partial charge on any atom is 0.464 e. The second-order valence-electron chi connectivity index (χ2n) is 2.50. The summed E-state index contributed by atoms with van der Waals surface area (Å²) in [5.74, 6) is -0.569. The summed E-state index contributed by atoms with van der Waals surface area (Å²) in [4.78, 5) is 21.5. The van der Waals surface area contributed by atoms with Crippen LogP contribution < -0.4 is 0 Å². The van der Waals surface area contributed by atoms with Crippen LogP contribution in [0.15, 0.2) is 17.0 Å². The summed E-state index contributed by atoms with van der Waals surface area (Å²) in [6.45, 7) is 0. The molecule has 0 radical (unpaired) electrons. The van der Waals surface area contributed by atoms with Gasteiger partial charge < -0.3 is 10.1 Å². The first-order chi connectivity index (χ1) is 7.61. The lowest BCUT2D eigenvalue weighted by atomic mass is 10.7. The molecule has 0 atom stereocenters. The maximum atomic E-state index is 11.6. The van der Waals surface area contributed by atoms with Gasteiger partial charge in [0.25, 0.3) is 0 Å². The summed E-state index contributed by atoms with van der Waals surface area (Å²) in [6.07, 6.45) is 2.50. The van der Waals surface area contributed by atoms with Crippen LogP contribution in [0.5, 0.6) is 0 Å². The fraction of sp³-hybridized carbons (Fsp3) is 0. The highest BCUT2D eigenvalue weighted by atomic mass is 79.9. The average Bonchev–Trinajstić information content (AvgIpc) is 2.84. The van der Waals surface area contributed by atoms with E-state index in [0.717, 1.165) is 4.68 Å². The van der Waals surface area contributed by atoms with E-state index in [1.165, 1.54) is 12.4 Å². The average molecular weight is 288 g/mol. The van der Waals surface area contributed by atoms with E-state index in [2.05, 4.69) is 36.6 Å². The van der Waals surface area contributed by atoms with Crippen molar-refractivity contribution in [3.8, 4) is 0 Å². The Balaban J connectivity index is 2.49. The van der Waals surface area contributed by atoms with Crippen LogP contribution in [-0.4, -0.2) is 40.9 Å². The lowest BCUT2D eigenvalue weighted by Crippen LogP contribution is -2.22. The monoisotopic (exact) mass is 287 g/mol. The molecule has 2 aromatic heterocycles. The van der Waals surface area contributed by atoms with Crippen LogP contribution in [0.1, 0.15) is 0 Å². The molecule has 2 aromatic rings. The predicted molar refractivity (Wildman–Crippen MR) is 50.6 cm³/mol. The van der Waals surface area contributed by atoms with Crippen LogP contribution in [-0.2, 0) is 0 Å². The molecule has 0 aliphatic heterocycles. The molecule has 16 heavy (non-hydrogen) atoms. The molecule has 0 saturated heterocycles. The zero-order valence-corrected chi connectivity index (χ0v) is 8.97. The third kappa shape index (κ3) is 1.56. The zero-order valence-electron chi connectivity index (χ0n) is 7.39. The van der Waals surface area contributed by atoms with Gasteiger partial charge in [0.1, 0.15) is 0 Å². The first-order valence-electron chi connectivity index (χ1n) is 3.78. The number of hydrogen-bond donors (Lipinski definition) is 0. The Morgan fingerprint density at radius 3 is 2.81 bits per heavy atom. The number of aromatic nitrogens is 6. The van der Waals surface area contributed by atoms with Crippen molar-refractivity contribution in [2.45, 2.75) is 0 Å².